The Morgan fingerprint density at radius 1 is 1.03 bits per heavy atom. The number of nitrogens with zero attached hydrogens (tertiary/aromatic N) is 2. The van der Waals surface area contributed by atoms with Gasteiger partial charge in [0.2, 0.25) is 17.7 Å². The van der Waals surface area contributed by atoms with E-state index in [9.17, 15) is 32.2 Å². The van der Waals surface area contributed by atoms with Gasteiger partial charge < -0.3 is 15.1 Å². The fourth-order valence-corrected chi connectivity index (χ4v) is 6.00. The molecule has 220 valence electrons. The lowest BCUT2D eigenvalue weighted by Gasteiger charge is -2.32. The van der Waals surface area contributed by atoms with E-state index in [2.05, 4.69) is 17.0 Å². The number of hydrogen-bond acceptors (Lipinski definition) is 5. The molecule has 3 atom stereocenters. The van der Waals surface area contributed by atoms with Crippen LogP contribution in [0.25, 0.3) is 0 Å². The second-order valence-corrected chi connectivity index (χ2v) is 12.2. The van der Waals surface area contributed by atoms with Crippen LogP contribution >= 0.6 is 0 Å². The molecule has 1 saturated carbocycles. The summed E-state index contributed by atoms with van der Waals surface area (Å²) in [6.45, 7) is 2.08. The van der Waals surface area contributed by atoms with E-state index in [-0.39, 0.29) is 43.9 Å². The smallest absolute Gasteiger partial charge is 0.265 e. The van der Waals surface area contributed by atoms with Crippen molar-refractivity contribution in [1.29, 1.82) is 0 Å². The molecular formula is C27H42F2N4O5S. The van der Waals surface area contributed by atoms with Crippen LogP contribution in [0, 0.1) is 0 Å². The number of amides is 4. The fraction of sp³-hybridized carbons (Fsp3) is 0.778. The van der Waals surface area contributed by atoms with E-state index in [0.29, 0.717) is 19.4 Å². The Morgan fingerprint density at radius 2 is 1.77 bits per heavy atom. The van der Waals surface area contributed by atoms with Gasteiger partial charge in [0.15, 0.2) is 0 Å². The Balaban J connectivity index is 1.54. The van der Waals surface area contributed by atoms with Crippen LogP contribution in [0.3, 0.4) is 0 Å². The third-order valence-corrected chi connectivity index (χ3v) is 8.83. The highest BCUT2D eigenvalue weighted by Gasteiger charge is 2.39. The number of nitrogens with one attached hydrogen (secondary N) is 2. The van der Waals surface area contributed by atoms with E-state index in [1.54, 1.807) is 0 Å². The topological polar surface area (TPSA) is 116 Å². The number of halogens is 2. The second-order valence-electron chi connectivity index (χ2n) is 10.7. The maximum absolute atomic E-state index is 13.7. The van der Waals surface area contributed by atoms with Gasteiger partial charge in [-0.15, -0.1) is 0 Å². The first-order valence-corrected chi connectivity index (χ1v) is 15.4. The summed E-state index contributed by atoms with van der Waals surface area (Å²) in [5.41, 5.74) is 0. The Bertz CT molecular complexity index is 943. The van der Waals surface area contributed by atoms with Gasteiger partial charge in [0.05, 0.1) is 11.8 Å². The van der Waals surface area contributed by atoms with Crippen LogP contribution in [0.5, 0.6) is 0 Å². The number of allylic oxidation sites excluding steroid dienone is 1. The molecule has 1 aliphatic carbocycles. The van der Waals surface area contributed by atoms with Gasteiger partial charge in [0, 0.05) is 32.4 Å². The third-order valence-electron chi connectivity index (χ3n) is 7.35. The van der Waals surface area contributed by atoms with Gasteiger partial charge in [-0.05, 0) is 51.4 Å². The molecule has 3 aliphatic rings. The fourth-order valence-electron chi connectivity index (χ4n) is 4.93. The molecule has 39 heavy (non-hydrogen) atoms. The minimum Gasteiger partial charge on any atom is -0.342 e. The molecule has 2 saturated heterocycles. The van der Waals surface area contributed by atoms with Crippen LogP contribution in [0.2, 0.25) is 0 Å². The van der Waals surface area contributed by atoms with Crippen molar-refractivity contribution in [3.63, 3.8) is 0 Å². The van der Waals surface area contributed by atoms with Crippen molar-refractivity contribution >= 4 is 34.6 Å². The molecule has 2 heterocycles. The van der Waals surface area contributed by atoms with E-state index in [0.717, 1.165) is 43.4 Å². The quantitative estimate of drug-likeness (QED) is 0.245. The lowest BCUT2D eigenvalue weighted by atomic mass is 10.1. The number of unbranched alkanes of at least 4 members (excludes halogenated alkanes) is 3. The Morgan fingerprint density at radius 3 is 2.46 bits per heavy atom. The summed E-state index contributed by atoms with van der Waals surface area (Å²) in [5.74, 6) is -4.79. The minimum atomic E-state index is -2.91. The predicted molar refractivity (Wildman–Crippen MR) is 144 cm³/mol. The van der Waals surface area contributed by atoms with Gasteiger partial charge in [0.1, 0.15) is 23.1 Å². The summed E-state index contributed by atoms with van der Waals surface area (Å²) in [7, 11) is -1.49. The molecule has 2 aliphatic heterocycles. The van der Waals surface area contributed by atoms with Crippen LogP contribution in [-0.4, -0.2) is 80.5 Å². The third kappa shape index (κ3) is 9.95. The predicted octanol–water partition coefficient (Wildman–Crippen LogP) is 2.97. The zero-order valence-electron chi connectivity index (χ0n) is 22.8. The van der Waals surface area contributed by atoms with Crippen LogP contribution < -0.4 is 10.0 Å². The highest BCUT2D eigenvalue weighted by Crippen LogP contribution is 2.27. The molecule has 0 aromatic heterocycles. The number of carbonyl (C=O) groups is 4. The van der Waals surface area contributed by atoms with Crippen molar-refractivity contribution in [2.75, 3.05) is 19.6 Å². The molecule has 9 nitrogen and oxygen atoms in total. The lowest BCUT2D eigenvalue weighted by Crippen LogP contribution is -2.53. The summed E-state index contributed by atoms with van der Waals surface area (Å²) in [5, 5.41) is 2.70. The van der Waals surface area contributed by atoms with Crippen molar-refractivity contribution in [3.8, 4) is 0 Å². The highest BCUT2D eigenvalue weighted by molar-refractivity contribution is 7.84. The van der Waals surface area contributed by atoms with Crippen LogP contribution in [0.1, 0.15) is 90.4 Å². The van der Waals surface area contributed by atoms with E-state index in [1.807, 2.05) is 12.2 Å². The molecule has 12 heteroatoms. The van der Waals surface area contributed by atoms with E-state index in [1.165, 1.54) is 4.90 Å². The van der Waals surface area contributed by atoms with Crippen molar-refractivity contribution in [3.05, 3.63) is 12.2 Å². The molecule has 0 aromatic rings. The van der Waals surface area contributed by atoms with Gasteiger partial charge in [-0.25, -0.2) is 13.0 Å². The Labute approximate surface area is 232 Å². The highest BCUT2D eigenvalue weighted by atomic mass is 32.2. The zero-order valence-corrected chi connectivity index (χ0v) is 23.6. The molecule has 1 unspecified atom stereocenters. The van der Waals surface area contributed by atoms with E-state index in [4.69, 9.17) is 0 Å². The average molecular weight is 573 g/mol. The molecule has 0 radical (unpaired) electrons. The summed E-state index contributed by atoms with van der Waals surface area (Å²) in [4.78, 5) is 53.9. The second kappa shape index (κ2) is 14.9. The van der Waals surface area contributed by atoms with Gasteiger partial charge in [-0.1, -0.05) is 31.9 Å². The molecular weight excluding hydrogens is 530 g/mol. The number of hydrogen-bond donors (Lipinski definition) is 2. The lowest BCUT2D eigenvalue weighted by molar-refractivity contribution is -0.145. The summed E-state index contributed by atoms with van der Waals surface area (Å²) < 4.78 is 42.1. The Hall–Kier alpha value is -2.37. The molecule has 0 bridgehead atoms. The largest absolute Gasteiger partial charge is 0.342 e. The summed E-state index contributed by atoms with van der Waals surface area (Å²) in [6, 6.07) is -1.72. The maximum atomic E-state index is 13.7. The maximum Gasteiger partial charge on any atom is 0.265 e. The number of rotatable bonds is 14. The Kier molecular flexibility index (Phi) is 11.9. The number of piperidine rings is 1. The minimum absolute atomic E-state index is 0.0447. The average Bonchev–Trinajstić information content (AvgIpc) is 3.63. The number of alkyl halides is 2. The normalized spacial score (nSPS) is 22.5. The first-order chi connectivity index (χ1) is 18.6. The van der Waals surface area contributed by atoms with Gasteiger partial charge in [-0.2, -0.15) is 0 Å². The first-order valence-electron chi connectivity index (χ1n) is 14.2. The van der Waals surface area contributed by atoms with Crippen LogP contribution in [0.4, 0.5) is 8.78 Å². The van der Waals surface area contributed by atoms with Crippen LogP contribution in [-0.2, 0) is 30.2 Å². The summed E-state index contributed by atoms with van der Waals surface area (Å²) >= 11 is 0. The van der Waals surface area contributed by atoms with Gasteiger partial charge in [0.25, 0.3) is 11.8 Å². The number of likely N-dealkylation sites (tertiary alicyclic amines) is 2. The van der Waals surface area contributed by atoms with Crippen molar-refractivity contribution in [2.45, 2.75) is 114 Å². The molecule has 3 fully saturated rings. The van der Waals surface area contributed by atoms with Gasteiger partial charge >= 0.3 is 0 Å². The van der Waals surface area contributed by atoms with Crippen molar-refractivity contribution in [1.82, 2.24) is 19.8 Å². The van der Waals surface area contributed by atoms with Gasteiger partial charge in [-0.3, -0.25) is 23.9 Å². The summed E-state index contributed by atoms with van der Waals surface area (Å²) in [6.07, 6.45) is 10.4. The molecule has 2 N–H and O–H groups in total. The molecule has 0 spiro atoms. The SMILES string of the molecule is CCCCC/C=C\C[C@@H](NC(=O)[C@@H]1CCCN1C(=O)CCC(=O)N1CCCC(F)(F)C1)C(=O)NS(=O)C1CC1. The monoisotopic (exact) mass is 572 g/mol. The van der Waals surface area contributed by atoms with E-state index < -0.39 is 59.2 Å². The molecule has 3 rings (SSSR count). The van der Waals surface area contributed by atoms with E-state index >= 15 is 0 Å². The standard InChI is InChI=1S/C27H42F2N4O5S/c1-2-3-4-5-6-7-10-21(25(36)31-39(38)20-12-13-20)30-26(37)22-11-8-18-33(22)24(35)15-14-23(34)32-17-9-16-27(28,29)19-32/h6-7,20-22H,2-5,8-19H2,1H3,(H,30,37)(H,31,36)/b7-6-/t21-,22+,39?/m1/s1. The number of carbonyl (C=O) groups excluding carboxylic acids is 4. The molecule has 4 amide bonds. The van der Waals surface area contributed by atoms with Crippen molar-refractivity contribution < 1.29 is 32.2 Å². The first kappa shape index (κ1) is 31.2. The van der Waals surface area contributed by atoms with Crippen molar-refractivity contribution in [2.24, 2.45) is 0 Å². The zero-order chi connectivity index (χ0) is 28.4. The molecule has 0 aromatic carbocycles. The van der Waals surface area contributed by atoms with Crippen LogP contribution in [0.15, 0.2) is 12.2 Å².